The summed E-state index contributed by atoms with van der Waals surface area (Å²) in [5.74, 6) is 2.58. The Morgan fingerprint density at radius 2 is 1.81 bits per heavy atom. The van der Waals surface area contributed by atoms with E-state index in [0.29, 0.717) is 30.8 Å². The van der Waals surface area contributed by atoms with E-state index in [1.807, 2.05) is 49.4 Å². The highest BCUT2D eigenvalue weighted by molar-refractivity contribution is 5.79. The zero-order chi connectivity index (χ0) is 21.5. The van der Waals surface area contributed by atoms with Gasteiger partial charge in [0, 0.05) is 17.7 Å². The lowest BCUT2D eigenvalue weighted by molar-refractivity contribution is 0.497. The molecule has 4 rings (SSSR count). The van der Waals surface area contributed by atoms with E-state index in [4.69, 9.17) is 8.83 Å². The summed E-state index contributed by atoms with van der Waals surface area (Å²) < 4.78 is 11.4. The molecule has 0 spiro atoms. The van der Waals surface area contributed by atoms with Crippen molar-refractivity contribution in [2.75, 3.05) is 6.54 Å². The van der Waals surface area contributed by atoms with Gasteiger partial charge in [0.15, 0.2) is 11.7 Å². The fourth-order valence-electron chi connectivity index (χ4n) is 3.00. The molecule has 0 unspecified atom stereocenters. The maximum absolute atomic E-state index is 5.87. The van der Waals surface area contributed by atoms with Crippen LogP contribution in [0.2, 0.25) is 0 Å². The highest BCUT2D eigenvalue weighted by Crippen LogP contribution is 2.21. The van der Waals surface area contributed by atoms with Gasteiger partial charge in [-0.1, -0.05) is 48.0 Å². The second kappa shape index (κ2) is 9.75. The molecule has 2 aromatic heterocycles. The number of oxazole rings is 2. The van der Waals surface area contributed by atoms with Crippen LogP contribution in [0.15, 0.2) is 80.9 Å². The number of aromatic nitrogens is 2. The van der Waals surface area contributed by atoms with Gasteiger partial charge in [-0.2, -0.15) is 0 Å². The number of benzene rings is 2. The number of hydrogen-bond acceptors (Lipinski definition) is 5. The summed E-state index contributed by atoms with van der Waals surface area (Å²) in [6.07, 6.45) is 3.38. The normalized spacial score (nSPS) is 11.5. The summed E-state index contributed by atoms with van der Waals surface area (Å²) in [6, 6.07) is 18.0. The molecule has 0 bridgehead atoms. The van der Waals surface area contributed by atoms with Gasteiger partial charge in [-0.15, -0.1) is 0 Å². The van der Waals surface area contributed by atoms with E-state index in [1.165, 1.54) is 5.56 Å². The molecule has 0 atom stereocenters. The predicted molar refractivity (Wildman–Crippen MR) is 120 cm³/mol. The van der Waals surface area contributed by atoms with Crippen LogP contribution in [-0.2, 0) is 13.1 Å². The molecule has 0 radical (unpaired) electrons. The summed E-state index contributed by atoms with van der Waals surface area (Å²) in [5.41, 5.74) is 3.91. The number of aliphatic imine (C=N–C) groups is 1. The maximum Gasteiger partial charge on any atom is 0.226 e. The van der Waals surface area contributed by atoms with Crippen LogP contribution >= 0.6 is 0 Å². The summed E-state index contributed by atoms with van der Waals surface area (Å²) in [7, 11) is 0. The minimum Gasteiger partial charge on any atom is -0.444 e. The zero-order valence-corrected chi connectivity index (χ0v) is 17.6. The van der Waals surface area contributed by atoms with Crippen LogP contribution in [0.3, 0.4) is 0 Å². The molecule has 2 aromatic carbocycles. The van der Waals surface area contributed by atoms with Crippen molar-refractivity contribution in [3.05, 3.63) is 84.2 Å². The average Bonchev–Trinajstić information content (AvgIpc) is 3.47. The Labute approximate surface area is 181 Å². The average molecular weight is 415 g/mol. The van der Waals surface area contributed by atoms with Crippen molar-refractivity contribution in [2.45, 2.75) is 26.9 Å². The largest absolute Gasteiger partial charge is 0.444 e. The lowest BCUT2D eigenvalue weighted by atomic mass is 10.1. The molecule has 7 nitrogen and oxygen atoms in total. The Morgan fingerprint density at radius 1 is 1.00 bits per heavy atom. The van der Waals surface area contributed by atoms with Crippen molar-refractivity contribution in [1.29, 1.82) is 0 Å². The molecule has 2 heterocycles. The zero-order valence-electron chi connectivity index (χ0n) is 17.6. The highest BCUT2D eigenvalue weighted by atomic mass is 16.4. The monoisotopic (exact) mass is 415 g/mol. The van der Waals surface area contributed by atoms with E-state index in [2.05, 4.69) is 44.7 Å². The quantitative estimate of drug-likeness (QED) is 0.340. The number of nitrogens with one attached hydrogen (secondary N) is 2. The topological polar surface area (TPSA) is 88.5 Å². The molecule has 0 saturated carbocycles. The smallest absolute Gasteiger partial charge is 0.226 e. The second-order valence-electron chi connectivity index (χ2n) is 7.04. The number of nitrogens with zero attached hydrogens (tertiary/aromatic N) is 3. The number of rotatable bonds is 7. The Kier molecular flexibility index (Phi) is 6.42. The van der Waals surface area contributed by atoms with Crippen molar-refractivity contribution in [2.24, 2.45) is 4.99 Å². The van der Waals surface area contributed by atoms with Gasteiger partial charge in [0.2, 0.25) is 11.8 Å². The summed E-state index contributed by atoms with van der Waals surface area (Å²) in [6.45, 7) is 5.63. The van der Waals surface area contributed by atoms with E-state index in [-0.39, 0.29) is 0 Å². The fourth-order valence-corrected chi connectivity index (χ4v) is 3.00. The van der Waals surface area contributed by atoms with Crippen molar-refractivity contribution in [1.82, 2.24) is 20.6 Å². The molecular weight excluding hydrogens is 390 g/mol. The molecule has 2 N–H and O–H groups in total. The van der Waals surface area contributed by atoms with Gasteiger partial charge < -0.3 is 19.5 Å². The highest BCUT2D eigenvalue weighted by Gasteiger charge is 2.09. The molecule has 0 aliphatic rings. The van der Waals surface area contributed by atoms with Gasteiger partial charge >= 0.3 is 0 Å². The van der Waals surface area contributed by atoms with Crippen molar-refractivity contribution < 1.29 is 8.83 Å². The van der Waals surface area contributed by atoms with E-state index >= 15 is 0 Å². The Bertz CT molecular complexity index is 1130. The first-order valence-corrected chi connectivity index (χ1v) is 10.2. The van der Waals surface area contributed by atoms with Gasteiger partial charge in [0.05, 0.1) is 19.3 Å². The molecule has 4 aromatic rings. The Morgan fingerprint density at radius 3 is 2.58 bits per heavy atom. The van der Waals surface area contributed by atoms with E-state index < -0.39 is 0 Å². The minimum atomic E-state index is 0.395. The summed E-state index contributed by atoms with van der Waals surface area (Å²) in [5, 5.41) is 6.46. The second-order valence-corrected chi connectivity index (χ2v) is 7.04. The van der Waals surface area contributed by atoms with Crippen LogP contribution in [0.5, 0.6) is 0 Å². The van der Waals surface area contributed by atoms with Crippen LogP contribution in [0.1, 0.15) is 24.1 Å². The summed E-state index contributed by atoms with van der Waals surface area (Å²) in [4.78, 5) is 13.5. The number of guanidine groups is 1. The lowest BCUT2D eigenvalue weighted by Crippen LogP contribution is -2.36. The molecule has 0 amide bonds. The van der Waals surface area contributed by atoms with E-state index in [0.717, 1.165) is 29.1 Å². The molecule has 0 saturated heterocycles. The van der Waals surface area contributed by atoms with Crippen LogP contribution in [0.4, 0.5) is 0 Å². The third kappa shape index (κ3) is 5.39. The summed E-state index contributed by atoms with van der Waals surface area (Å²) >= 11 is 0. The molecule has 31 heavy (non-hydrogen) atoms. The van der Waals surface area contributed by atoms with Crippen molar-refractivity contribution >= 4 is 5.96 Å². The van der Waals surface area contributed by atoms with Crippen LogP contribution < -0.4 is 10.6 Å². The van der Waals surface area contributed by atoms with Crippen LogP contribution in [-0.4, -0.2) is 22.5 Å². The van der Waals surface area contributed by atoms with E-state index in [9.17, 15) is 0 Å². The first kappa shape index (κ1) is 20.4. The predicted octanol–water partition coefficient (Wildman–Crippen LogP) is 4.56. The number of hydrogen-bond donors (Lipinski definition) is 2. The molecule has 158 valence electrons. The third-order valence-corrected chi connectivity index (χ3v) is 4.61. The standard InChI is InChI=1S/C24H25N5O2/c1-3-25-24(27-13-20-16-30-23(29-20)19-7-5-4-6-8-19)28-15-22-26-14-21(31-22)18-11-9-17(2)10-12-18/h4-12,14,16H,3,13,15H2,1-2H3,(H2,25,27,28). The van der Waals surface area contributed by atoms with E-state index in [1.54, 1.807) is 12.5 Å². The Hall–Kier alpha value is -3.87. The molecular formula is C24H25N5O2. The Balaban J connectivity index is 1.37. The molecule has 0 fully saturated rings. The third-order valence-electron chi connectivity index (χ3n) is 4.61. The SMILES string of the molecule is CCNC(=NCc1coc(-c2ccccc2)n1)NCc1ncc(-c2ccc(C)cc2)o1. The molecule has 0 aliphatic heterocycles. The molecule has 7 heteroatoms. The van der Waals surface area contributed by atoms with Gasteiger partial charge in [-0.3, -0.25) is 0 Å². The van der Waals surface area contributed by atoms with Gasteiger partial charge in [-0.25, -0.2) is 15.0 Å². The first-order chi connectivity index (χ1) is 15.2. The number of aryl methyl sites for hydroxylation is 1. The van der Waals surface area contributed by atoms with Gasteiger partial charge in [-0.05, 0) is 26.0 Å². The molecule has 0 aliphatic carbocycles. The maximum atomic E-state index is 5.87. The van der Waals surface area contributed by atoms with Crippen LogP contribution in [0, 0.1) is 6.92 Å². The van der Waals surface area contributed by atoms with Gasteiger partial charge in [0.25, 0.3) is 0 Å². The van der Waals surface area contributed by atoms with Gasteiger partial charge in [0.1, 0.15) is 12.0 Å². The fraction of sp³-hybridized carbons (Fsp3) is 0.208. The lowest BCUT2D eigenvalue weighted by Gasteiger charge is -2.09. The van der Waals surface area contributed by atoms with Crippen LogP contribution in [0.25, 0.3) is 22.8 Å². The first-order valence-electron chi connectivity index (χ1n) is 10.2. The minimum absolute atomic E-state index is 0.395. The van der Waals surface area contributed by atoms with Crippen molar-refractivity contribution in [3.63, 3.8) is 0 Å². The van der Waals surface area contributed by atoms with Crippen molar-refractivity contribution in [3.8, 4) is 22.8 Å².